The van der Waals surface area contributed by atoms with E-state index in [1.54, 1.807) is 32.4 Å². The van der Waals surface area contributed by atoms with Gasteiger partial charge in [0, 0.05) is 5.02 Å². The molecule has 0 spiro atoms. The molecule has 1 aliphatic carbocycles. The number of carbonyl (C=O) groups excluding carboxylic acids is 1. The first kappa shape index (κ1) is 18.5. The van der Waals surface area contributed by atoms with Crippen molar-refractivity contribution < 1.29 is 19.4 Å². The Labute approximate surface area is 157 Å². The van der Waals surface area contributed by atoms with Crippen molar-refractivity contribution in [3.05, 3.63) is 58.1 Å². The number of halogens is 1. The van der Waals surface area contributed by atoms with Crippen molar-refractivity contribution in [2.75, 3.05) is 20.8 Å². The fourth-order valence-electron chi connectivity index (χ4n) is 3.32. The molecule has 6 heteroatoms. The van der Waals surface area contributed by atoms with Crippen LogP contribution >= 0.6 is 11.6 Å². The molecule has 0 saturated carbocycles. The zero-order valence-corrected chi connectivity index (χ0v) is 15.6. The molecule has 26 heavy (non-hydrogen) atoms. The van der Waals surface area contributed by atoms with Crippen LogP contribution in [0.3, 0.4) is 0 Å². The Kier molecular flexibility index (Phi) is 5.39. The van der Waals surface area contributed by atoms with Crippen LogP contribution < -0.4 is 14.8 Å². The molecule has 2 aromatic carbocycles. The van der Waals surface area contributed by atoms with E-state index < -0.39 is 5.60 Å². The summed E-state index contributed by atoms with van der Waals surface area (Å²) in [6.45, 7) is 0.155. The third-order valence-electron chi connectivity index (χ3n) is 4.77. The van der Waals surface area contributed by atoms with Crippen LogP contribution in [0.2, 0.25) is 5.02 Å². The van der Waals surface area contributed by atoms with Gasteiger partial charge in [-0.3, -0.25) is 4.79 Å². The zero-order valence-electron chi connectivity index (χ0n) is 14.8. The van der Waals surface area contributed by atoms with Gasteiger partial charge >= 0.3 is 0 Å². The number of carbonyl (C=O) groups is 1. The molecule has 3 rings (SSSR count). The number of benzene rings is 2. The van der Waals surface area contributed by atoms with E-state index >= 15 is 0 Å². The van der Waals surface area contributed by atoms with E-state index in [4.69, 9.17) is 21.1 Å². The van der Waals surface area contributed by atoms with Crippen LogP contribution in [0.1, 0.15) is 23.1 Å². The van der Waals surface area contributed by atoms with Gasteiger partial charge in [0.15, 0.2) is 11.5 Å². The lowest BCUT2D eigenvalue weighted by atomic mass is 9.95. The van der Waals surface area contributed by atoms with Crippen molar-refractivity contribution >= 4 is 17.5 Å². The summed E-state index contributed by atoms with van der Waals surface area (Å²) in [7, 11) is 3.15. The monoisotopic (exact) mass is 375 g/mol. The summed E-state index contributed by atoms with van der Waals surface area (Å²) >= 11 is 5.86. The number of hydrogen-bond acceptors (Lipinski definition) is 4. The van der Waals surface area contributed by atoms with Gasteiger partial charge in [-0.25, -0.2) is 0 Å². The minimum Gasteiger partial charge on any atom is -0.493 e. The van der Waals surface area contributed by atoms with Crippen LogP contribution in [0, 0.1) is 0 Å². The first-order valence-corrected chi connectivity index (χ1v) is 8.82. The molecule has 1 unspecified atom stereocenters. The summed E-state index contributed by atoms with van der Waals surface area (Å²) in [5, 5.41) is 14.5. The van der Waals surface area contributed by atoms with Gasteiger partial charge in [0.25, 0.3) is 0 Å². The number of amides is 1. The summed E-state index contributed by atoms with van der Waals surface area (Å²) in [6, 6.07) is 10.8. The van der Waals surface area contributed by atoms with Crippen molar-refractivity contribution in [2.45, 2.75) is 24.9 Å². The van der Waals surface area contributed by atoms with Crippen LogP contribution in [0.25, 0.3) is 0 Å². The maximum absolute atomic E-state index is 12.2. The van der Waals surface area contributed by atoms with Crippen LogP contribution in [-0.2, 0) is 23.2 Å². The molecule has 138 valence electrons. The van der Waals surface area contributed by atoms with E-state index in [1.807, 2.05) is 18.2 Å². The molecule has 1 aliphatic rings. The zero-order chi connectivity index (χ0) is 18.7. The van der Waals surface area contributed by atoms with Gasteiger partial charge in [-0.2, -0.15) is 0 Å². The van der Waals surface area contributed by atoms with Gasteiger partial charge < -0.3 is 19.9 Å². The topological polar surface area (TPSA) is 67.8 Å². The van der Waals surface area contributed by atoms with Gasteiger partial charge in [-0.05, 0) is 53.8 Å². The number of rotatable bonds is 6. The van der Waals surface area contributed by atoms with Crippen molar-refractivity contribution in [3.8, 4) is 11.5 Å². The molecule has 0 heterocycles. The molecule has 2 N–H and O–H groups in total. The van der Waals surface area contributed by atoms with E-state index in [-0.39, 0.29) is 18.9 Å². The van der Waals surface area contributed by atoms with Gasteiger partial charge in [0.1, 0.15) is 5.60 Å². The summed E-state index contributed by atoms with van der Waals surface area (Å²) < 4.78 is 10.7. The van der Waals surface area contributed by atoms with Crippen molar-refractivity contribution in [3.63, 3.8) is 0 Å². The second kappa shape index (κ2) is 7.56. The number of fused-ring (bicyclic) bond motifs is 1. The third-order valence-corrected chi connectivity index (χ3v) is 5.03. The Hall–Kier alpha value is -2.24. The highest BCUT2D eigenvalue weighted by Crippen LogP contribution is 2.42. The lowest BCUT2D eigenvalue weighted by Crippen LogP contribution is -2.39. The fourth-order valence-corrected chi connectivity index (χ4v) is 3.44. The molecule has 0 aromatic heterocycles. The quantitative estimate of drug-likeness (QED) is 0.814. The Morgan fingerprint density at radius 2 is 1.85 bits per heavy atom. The molecule has 2 aromatic rings. The number of hydrogen-bond donors (Lipinski definition) is 2. The largest absolute Gasteiger partial charge is 0.493 e. The molecule has 5 nitrogen and oxygen atoms in total. The Balaban J connectivity index is 1.69. The molecular weight excluding hydrogens is 354 g/mol. The average Bonchev–Trinajstić information content (AvgIpc) is 2.97. The third kappa shape index (κ3) is 3.79. The van der Waals surface area contributed by atoms with Crippen LogP contribution in [0.5, 0.6) is 11.5 Å². The standard InChI is InChI=1S/C20H22ClNO4/c1-25-17-10-14-7-8-20(24,16(14)11-18(17)26-2)12-22-19(23)9-13-3-5-15(21)6-4-13/h3-6,10-11,24H,7-9,12H2,1-2H3,(H,22,23). The molecule has 1 amide bonds. The molecular formula is C20H22ClNO4. The lowest BCUT2D eigenvalue weighted by molar-refractivity contribution is -0.121. The lowest BCUT2D eigenvalue weighted by Gasteiger charge is -2.25. The van der Waals surface area contributed by atoms with Crippen molar-refractivity contribution in [1.29, 1.82) is 0 Å². The first-order chi connectivity index (χ1) is 12.4. The SMILES string of the molecule is COc1cc2c(cc1OC)C(O)(CNC(=O)Cc1ccc(Cl)cc1)CC2. The average molecular weight is 376 g/mol. The van der Waals surface area contributed by atoms with Gasteiger partial charge in [0.2, 0.25) is 5.91 Å². The minimum absolute atomic E-state index is 0.144. The van der Waals surface area contributed by atoms with E-state index in [0.717, 1.165) is 23.1 Å². The van der Waals surface area contributed by atoms with Crippen LogP contribution in [0.15, 0.2) is 36.4 Å². The summed E-state index contributed by atoms with van der Waals surface area (Å²) in [5.41, 5.74) is 1.56. The fraction of sp³-hybridized carbons (Fsp3) is 0.350. The first-order valence-electron chi connectivity index (χ1n) is 8.44. The van der Waals surface area contributed by atoms with Crippen molar-refractivity contribution in [2.24, 2.45) is 0 Å². The Morgan fingerprint density at radius 3 is 2.50 bits per heavy atom. The van der Waals surface area contributed by atoms with Gasteiger partial charge in [-0.15, -0.1) is 0 Å². The van der Waals surface area contributed by atoms with E-state index in [2.05, 4.69) is 5.32 Å². The predicted octanol–water partition coefficient (Wildman–Crippen LogP) is 2.85. The van der Waals surface area contributed by atoms with E-state index in [0.29, 0.717) is 22.9 Å². The molecule has 0 bridgehead atoms. The summed E-state index contributed by atoms with van der Waals surface area (Å²) in [6.07, 6.45) is 1.51. The normalized spacial score (nSPS) is 18.3. The number of aryl methyl sites for hydroxylation is 1. The van der Waals surface area contributed by atoms with Crippen LogP contribution in [0.4, 0.5) is 0 Å². The molecule has 0 fully saturated rings. The number of nitrogens with one attached hydrogen (secondary N) is 1. The number of methoxy groups -OCH3 is 2. The Bertz CT molecular complexity index is 806. The molecule has 1 atom stereocenters. The smallest absolute Gasteiger partial charge is 0.224 e. The highest BCUT2D eigenvalue weighted by Gasteiger charge is 2.38. The molecule has 0 saturated heterocycles. The van der Waals surface area contributed by atoms with Gasteiger partial charge in [0.05, 0.1) is 27.2 Å². The second-order valence-electron chi connectivity index (χ2n) is 6.48. The van der Waals surface area contributed by atoms with Gasteiger partial charge in [-0.1, -0.05) is 23.7 Å². The minimum atomic E-state index is -1.11. The highest BCUT2D eigenvalue weighted by molar-refractivity contribution is 6.30. The summed E-state index contributed by atoms with van der Waals surface area (Å²) in [5.74, 6) is 1.07. The van der Waals surface area contributed by atoms with Crippen LogP contribution in [-0.4, -0.2) is 31.8 Å². The maximum Gasteiger partial charge on any atom is 0.224 e. The molecule has 0 radical (unpaired) electrons. The second-order valence-corrected chi connectivity index (χ2v) is 6.91. The highest BCUT2D eigenvalue weighted by atomic mass is 35.5. The van der Waals surface area contributed by atoms with Crippen molar-refractivity contribution in [1.82, 2.24) is 5.32 Å². The number of ether oxygens (including phenoxy) is 2. The van der Waals surface area contributed by atoms with E-state index in [1.165, 1.54) is 0 Å². The molecule has 0 aliphatic heterocycles. The van der Waals surface area contributed by atoms with E-state index in [9.17, 15) is 9.90 Å². The predicted molar refractivity (Wildman–Crippen MR) is 99.9 cm³/mol. The Morgan fingerprint density at radius 1 is 1.19 bits per heavy atom. The number of aliphatic hydroxyl groups is 1. The summed E-state index contributed by atoms with van der Waals surface area (Å²) in [4.78, 5) is 12.2. The maximum atomic E-state index is 12.2.